The first kappa shape index (κ1) is 18.9. The quantitative estimate of drug-likeness (QED) is 0.734. The molecular formula is C19H22N4O3S. The number of hydrogen-bond acceptors (Lipinski definition) is 5. The maximum absolute atomic E-state index is 12.7. The van der Waals surface area contributed by atoms with E-state index in [0.717, 1.165) is 31.6 Å². The third-order valence-corrected chi connectivity index (χ3v) is 5.35. The van der Waals surface area contributed by atoms with Gasteiger partial charge in [-0.1, -0.05) is 0 Å². The summed E-state index contributed by atoms with van der Waals surface area (Å²) in [5.74, 6) is -1.03. The Balaban J connectivity index is 1.85. The molecule has 142 valence electrons. The molecule has 0 spiro atoms. The van der Waals surface area contributed by atoms with E-state index in [1.165, 1.54) is 24.7 Å². The first-order valence-electron chi connectivity index (χ1n) is 8.81. The van der Waals surface area contributed by atoms with Gasteiger partial charge in [0.1, 0.15) is 0 Å². The molecule has 2 heterocycles. The fourth-order valence-corrected chi connectivity index (χ4v) is 3.93. The standard InChI is InChI=1S/C19H22N4O3S/c1-12(24)21-17-8-7-16(27-17)19(26)22-14-11-13(18(20)25)5-6-15(14)23-9-3-2-4-10-23/h5-8,11H,2-4,9-10H2,1H3,(H2,20,25)(H,21,24)(H,22,26). The van der Waals surface area contributed by atoms with Crippen molar-refractivity contribution in [2.24, 2.45) is 5.73 Å². The average molecular weight is 386 g/mol. The van der Waals surface area contributed by atoms with Crippen LogP contribution in [-0.2, 0) is 4.79 Å². The molecule has 1 aromatic heterocycles. The molecule has 7 nitrogen and oxygen atoms in total. The number of rotatable bonds is 5. The number of piperidine rings is 1. The molecule has 1 aliphatic rings. The monoisotopic (exact) mass is 386 g/mol. The van der Waals surface area contributed by atoms with Gasteiger partial charge in [0.05, 0.1) is 21.3 Å². The number of nitrogens with two attached hydrogens (primary N) is 1. The van der Waals surface area contributed by atoms with Gasteiger partial charge >= 0.3 is 0 Å². The van der Waals surface area contributed by atoms with Gasteiger partial charge < -0.3 is 21.3 Å². The van der Waals surface area contributed by atoms with E-state index in [1.54, 1.807) is 24.3 Å². The number of thiophene rings is 1. The SMILES string of the molecule is CC(=O)Nc1ccc(C(=O)Nc2cc(C(N)=O)ccc2N2CCCCC2)s1. The number of hydrogen-bond donors (Lipinski definition) is 3. The molecule has 0 bridgehead atoms. The molecule has 0 radical (unpaired) electrons. The zero-order valence-corrected chi connectivity index (χ0v) is 15.9. The Bertz CT molecular complexity index is 872. The van der Waals surface area contributed by atoms with E-state index in [-0.39, 0.29) is 11.8 Å². The van der Waals surface area contributed by atoms with Crippen LogP contribution in [0.15, 0.2) is 30.3 Å². The molecule has 8 heteroatoms. The van der Waals surface area contributed by atoms with Crippen molar-refractivity contribution in [3.05, 3.63) is 40.8 Å². The van der Waals surface area contributed by atoms with Crippen LogP contribution >= 0.6 is 11.3 Å². The van der Waals surface area contributed by atoms with Gasteiger partial charge in [-0.3, -0.25) is 14.4 Å². The van der Waals surface area contributed by atoms with Gasteiger partial charge in [0.25, 0.3) is 5.91 Å². The van der Waals surface area contributed by atoms with E-state index in [4.69, 9.17) is 5.73 Å². The van der Waals surface area contributed by atoms with Gasteiger partial charge in [-0.2, -0.15) is 0 Å². The number of benzene rings is 1. The molecule has 27 heavy (non-hydrogen) atoms. The number of anilines is 3. The van der Waals surface area contributed by atoms with Crippen LogP contribution in [-0.4, -0.2) is 30.8 Å². The maximum atomic E-state index is 12.7. The molecule has 0 atom stereocenters. The number of carbonyl (C=O) groups is 3. The van der Waals surface area contributed by atoms with Crippen molar-refractivity contribution in [2.45, 2.75) is 26.2 Å². The molecular weight excluding hydrogens is 364 g/mol. The fraction of sp³-hybridized carbons (Fsp3) is 0.316. The van der Waals surface area contributed by atoms with Crippen molar-refractivity contribution in [3.63, 3.8) is 0 Å². The van der Waals surface area contributed by atoms with Crippen LogP contribution in [0.3, 0.4) is 0 Å². The van der Waals surface area contributed by atoms with Gasteiger partial charge in [-0.25, -0.2) is 0 Å². The van der Waals surface area contributed by atoms with E-state index in [0.29, 0.717) is 21.1 Å². The lowest BCUT2D eigenvalue weighted by molar-refractivity contribution is -0.114. The molecule has 2 aromatic rings. The number of amides is 3. The second-order valence-corrected chi connectivity index (χ2v) is 7.53. The molecule has 0 aliphatic carbocycles. The number of carbonyl (C=O) groups excluding carboxylic acids is 3. The molecule has 3 amide bonds. The van der Waals surface area contributed by atoms with Gasteiger partial charge in [0.2, 0.25) is 11.8 Å². The fourth-order valence-electron chi connectivity index (χ4n) is 3.08. The van der Waals surface area contributed by atoms with Crippen molar-refractivity contribution in [2.75, 3.05) is 28.6 Å². The lowest BCUT2D eigenvalue weighted by atomic mass is 10.1. The molecule has 4 N–H and O–H groups in total. The predicted molar refractivity (Wildman–Crippen MR) is 108 cm³/mol. The zero-order chi connectivity index (χ0) is 19.4. The highest BCUT2D eigenvalue weighted by molar-refractivity contribution is 7.18. The highest BCUT2D eigenvalue weighted by Crippen LogP contribution is 2.31. The zero-order valence-electron chi connectivity index (χ0n) is 15.1. The summed E-state index contributed by atoms with van der Waals surface area (Å²) in [6.45, 7) is 3.23. The molecule has 1 saturated heterocycles. The van der Waals surface area contributed by atoms with E-state index < -0.39 is 5.91 Å². The number of primary amides is 1. The van der Waals surface area contributed by atoms with E-state index in [2.05, 4.69) is 15.5 Å². The summed E-state index contributed by atoms with van der Waals surface area (Å²) < 4.78 is 0. The summed E-state index contributed by atoms with van der Waals surface area (Å²) >= 11 is 1.19. The van der Waals surface area contributed by atoms with Crippen LogP contribution in [0.5, 0.6) is 0 Å². The van der Waals surface area contributed by atoms with E-state index in [1.807, 2.05) is 6.07 Å². The van der Waals surface area contributed by atoms with Crippen LogP contribution in [0.2, 0.25) is 0 Å². The Labute approximate surface area is 161 Å². The normalized spacial score (nSPS) is 13.9. The third kappa shape index (κ3) is 4.65. The Morgan fingerprint density at radius 1 is 1.04 bits per heavy atom. The molecule has 1 fully saturated rings. The Morgan fingerprint density at radius 2 is 1.78 bits per heavy atom. The second kappa shape index (κ2) is 8.22. The highest BCUT2D eigenvalue weighted by Gasteiger charge is 2.19. The predicted octanol–water partition coefficient (Wildman–Crippen LogP) is 3.05. The Hall–Kier alpha value is -2.87. The summed E-state index contributed by atoms with van der Waals surface area (Å²) in [7, 11) is 0. The van der Waals surface area contributed by atoms with Gasteiger partial charge in [0, 0.05) is 25.6 Å². The Morgan fingerprint density at radius 3 is 2.44 bits per heavy atom. The van der Waals surface area contributed by atoms with Crippen molar-refractivity contribution >= 4 is 45.4 Å². The van der Waals surface area contributed by atoms with Gasteiger partial charge in [0.15, 0.2) is 0 Å². The molecule has 3 rings (SSSR count). The lowest BCUT2D eigenvalue weighted by Crippen LogP contribution is -2.30. The van der Waals surface area contributed by atoms with E-state index in [9.17, 15) is 14.4 Å². The van der Waals surface area contributed by atoms with Gasteiger partial charge in [-0.15, -0.1) is 11.3 Å². The first-order chi connectivity index (χ1) is 12.9. The number of nitrogens with one attached hydrogen (secondary N) is 2. The van der Waals surface area contributed by atoms with Gasteiger partial charge in [-0.05, 0) is 49.6 Å². The first-order valence-corrected chi connectivity index (χ1v) is 9.63. The molecule has 1 aromatic carbocycles. The third-order valence-electron chi connectivity index (χ3n) is 4.36. The largest absolute Gasteiger partial charge is 0.370 e. The van der Waals surface area contributed by atoms with Crippen LogP contribution in [0.4, 0.5) is 16.4 Å². The van der Waals surface area contributed by atoms with Crippen LogP contribution in [0.1, 0.15) is 46.2 Å². The summed E-state index contributed by atoms with van der Waals surface area (Å²) in [5.41, 5.74) is 7.19. The summed E-state index contributed by atoms with van der Waals surface area (Å²) in [4.78, 5) is 38.1. The lowest BCUT2D eigenvalue weighted by Gasteiger charge is -2.30. The minimum Gasteiger partial charge on any atom is -0.370 e. The van der Waals surface area contributed by atoms with E-state index >= 15 is 0 Å². The molecule has 1 aliphatic heterocycles. The van der Waals surface area contributed by atoms with Crippen LogP contribution in [0.25, 0.3) is 0 Å². The van der Waals surface area contributed by atoms with Crippen LogP contribution in [0, 0.1) is 0 Å². The molecule has 0 saturated carbocycles. The van der Waals surface area contributed by atoms with Crippen molar-refractivity contribution in [3.8, 4) is 0 Å². The topological polar surface area (TPSA) is 105 Å². The minimum atomic E-state index is -0.542. The van der Waals surface area contributed by atoms with Crippen molar-refractivity contribution in [1.82, 2.24) is 0 Å². The van der Waals surface area contributed by atoms with Crippen molar-refractivity contribution in [1.29, 1.82) is 0 Å². The summed E-state index contributed by atoms with van der Waals surface area (Å²) in [5, 5.41) is 6.16. The number of nitrogens with zero attached hydrogens (tertiary/aromatic N) is 1. The summed E-state index contributed by atoms with van der Waals surface area (Å²) in [6.07, 6.45) is 3.38. The van der Waals surface area contributed by atoms with Crippen molar-refractivity contribution < 1.29 is 14.4 Å². The second-order valence-electron chi connectivity index (χ2n) is 6.44. The summed E-state index contributed by atoms with van der Waals surface area (Å²) in [6, 6.07) is 8.47. The Kier molecular flexibility index (Phi) is 5.75. The minimum absolute atomic E-state index is 0.189. The molecule has 0 unspecified atom stereocenters. The smallest absolute Gasteiger partial charge is 0.265 e. The van der Waals surface area contributed by atoms with Crippen LogP contribution < -0.4 is 21.3 Å². The maximum Gasteiger partial charge on any atom is 0.265 e. The highest BCUT2D eigenvalue weighted by atomic mass is 32.1. The average Bonchev–Trinajstić information content (AvgIpc) is 3.10.